The first-order valence-corrected chi connectivity index (χ1v) is 8.36. The average Bonchev–Trinajstić information content (AvgIpc) is 2.97. The summed E-state index contributed by atoms with van der Waals surface area (Å²) in [5.74, 6) is -1.81. The molecular formula is C15H14Cl2N2O4S. The normalized spacial score (nSPS) is 13.3. The lowest BCUT2D eigenvalue weighted by Gasteiger charge is -2.24. The van der Waals surface area contributed by atoms with E-state index in [1.165, 1.54) is 30.8 Å². The number of carboxylic acids is 1. The quantitative estimate of drug-likeness (QED) is 0.791. The van der Waals surface area contributed by atoms with Crippen molar-refractivity contribution in [3.63, 3.8) is 0 Å². The van der Waals surface area contributed by atoms with E-state index in [2.05, 4.69) is 10.3 Å². The van der Waals surface area contributed by atoms with Gasteiger partial charge in [0.1, 0.15) is 10.7 Å². The molecule has 2 N–H and O–H groups in total. The minimum Gasteiger partial charge on any atom is -0.479 e. The Bertz CT molecular complexity index is 781. The zero-order valence-corrected chi connectivity index (χ0v) is 15.1. The fraction of sp³-hybridized carbons (Fsp3) is 0.267. The van der Waals surface area contributed by atoms with E-state index < -0.39 is 17.4 Å². The molecule has 1 unspecified atom stereocenters. The van der Waals surface area contributed by atoms with Gasteiger partial charge in [-0.1, -0.05) is 23.2 Å². The van der Waals surface area contributed by atoms with Crippen molar-refractivity contribution < 1.29 is 19.4 Å². The number of carboxylic acid groups (broad SMARTS) is 1. The number of thiazole rings is 1. The Labute approximate surface area is 152 Å². The number of ether oxygens (including phenoxy) is 1. The maximum Gasteiger partial charge on any atom is 0.331 e. The van der Waals surface area contributed by atoms with Gasteiger partial charge >= 0.3 is 5.97 Å². The molecule has 2 rings (SSSR count). The first-order valence-electron chi connectivity index (χ1n) is 6.72. The summed E-state index contributed by atoms with van der Waals surface area (Å²) in [6.07, 6.45) is 0. The molecule has 128 valence electrons. The molecule has 0 spiro atoms. The number of nitrogens with zero attached hydrogens (tertiary/aromatic N) is 1. The lowest BCUT2D eigenvalue weighted by Crippen LogP contribution is -2.55. The second-order valence-electron chi connectivity index (χ2n) is 5.19. The molecule has 0 fully saturated rings. The molecule has 1 aromatic heterocycles. The predicted octanol–water partition coefficient (Wildman–Crippen LogP) is 3.34. The number of hydrogen-bond donors (Lipinski definition) is 2. The predicted molar refractivity (Wildman–Crippen MR) is 93.0 cm³/mol. The number of halogens is 2. The molecule has 0 bridgehead atoms. The van der Waals surface area contributed by atoms with Gasteiger partial charge in [0, 0.05) is 23.1 Å². The van der Waals surface area contributed by atoms with Gasteiger partial charge in [0.15, 0.2) is 5.54 Å². The highest BCUT2D eigenvalue weighted by atomic mass is 35.5. The Morgan fingerprint density at radius 3 is 2.71 bits per heavy atom. The summed E-state index contributed by atoms with van der Waals surface area (Å²) in [6, 6.07) is 4.96. The molecule has 0 radical (unpaired) electrons. The SMILES string of the molecule is COCC(C)(NC(=O)c1csc(-c2ccc(Cl)cc2Cl)n1)C(=O)O. The van der Waals surface area contributed by atoms with Crippen LogP contribution < -0.4 is 5.32 Å². The van der Waals surface area contributed by atoms with E-state index >= 15 is 0 Å². The van der Waals surface area contributed by atoms with Crippen molar-refractivity contribution in [3.05, 3.63) is 39.3 Å². The number of aliphatic carboxylic acids is 1. The highest BCUT2D eigenvalue weighted by Crippen LogP contribution is 2.32. The van der Waals surface area contributed by atoms with E-state index in [1.807, 2.05) is 0 Å². The van der Waals surface area contributed by atoms with E-state index in [1.54, 1.807) is 18.2 Å². The number of aromatic nitrogens is 1. The summed E-state index contributed by atoms with van der Waals surface area (Å²) in [7, 11) is 1.36. The van der Waals surface area contributed by atoms with Crippen molar-refractivity contribution in [2.24, 2.45) is 0 Å². The van der Waals surface area contributed by atoms with Crippen LogP contribution >= 0.6 is 34.5 Å². The number of rotatable bonds is 6. The third kappa shape index (κ3) is 4.05. The fourth-order valence-electron chi connectivity index (χ4n) is 1.92. The number of hydrogen-bond acceptors (Lipinski definition) is 5. The molecule has 1 aromatic carbocycles. The fourth-order valence-corrected chi connectivity index (χ4v) is 3.31. The van der Waals surface area contributed by atoms with Crippen LogP contribution in [0.3, 0.4) is 0 Å². The van der Waals surface area contributed by atoms with Gasteiger partial charge < -0.3 is 15.2 Å². The Hall–Kier alpha value is -1.67. The highest BCUT2D eigenvalue weighted by molar-refractivity contribution is 7.13. The Kier molecular flexibility index (Phi) is 5.82. The summed E-state index contributed by atoms with van der Waals surface area (Å²) < 4.78 is 4.86. The molecule has 1 heterocycles. The van der Waals surface area contributed by atoms with Gasteiger partial charge in [-0.05, 0) is 25.1 Å². The zero-order valence-electron chi connectivity index (χ0n) is 12.8. The molecule has 24 heavy (non-hydrogen) atoms. The van der Waals surface area contributed by atoms with E-state index in [-0.39, 0.29) is 12.3 Å². The molecular weight excluding hydrogens is 375 g/mol. The van der Waals surface area contributed by atoms with Gasteiger partial charge in [-0.3, -0.25) is 4.79 Å². The van der Waals surface area contributed by atoms with Gasteiger partial charge in [-0.2, -0.15) is 0 Å². The molecule has 9 heteroatoms. The van der Waals surface area contributed by atoms with Crippen LogP contribution in [0.15, 0.2) is 23.6 Å². The van der Waals surface area contributed by atoms with E-state index in [0.717, 1.165) is 0 Å². The van der Waals surface area contributed by atoms with Gasteiger partial charge in [-0.15, -0.1) is 11.3 Å². The van der Waals surface area contributed by atoms with Crippen molar-refractivity contribution in [1.82, 2.24) is 10.3 Å². The van der Waals surface area contributed by atoms with Gasteiger partial charge in [0.2, 0.25) is 0 Å². The minimum atomic E-state index is -1.55. The molecule has 0 aliphatic rings. The number of benzene rings is 1. The number of amides is 1. The third-order valence-electron chi connectivity index (χ3n) is 3.19. The van der Waals surface area contributed by atoms with Gasteiger partial charge in [0.25, 0.3) is 5.91 Å². The number of methoxy groups -OCH3 is 1. The Balaban J connectivity index is 2.23. The second kappa shape index (κ2) is 7.48. The Morgan fingerprint density at radius 1 is 1.42 bits per heavy atom. The zero-order chi connectivity index (χ0) is 17.9. The maximum atomic E-state index is 12.3. The van der Waals surface area contributed by atoms with Gasteiger partial charge in [0.05, 0.1) is 11.6 Å². The molecule has 0 aliphatic carbocycles. The first-order chi connectivity index (χ1) is 11.3. The molecule has 1 atom stereocenters. The van der Waals surface area contributed by atoms with E-state index in [9.17, 15) is 14.7 Å². The van der Waals surface area contributed by atoms with Crippen molar-refractivity contribution in [2.45, 2.75) is 12.5 Å². The van der Waals surface area contributed by atoms with E-state index in [4.69, 9.17) is 27.9 Å². The summed E-state index contributed by atoms with van der Waals surface area (Å²) in [4.78, 5) is 27.8. The summed E-state index contributed by atoms with van der Waals surface area (Å²) in [5.41, 5.74) is -0.805. The summed E-state index contributed by atoms with van der Waals surface area (Å²) in [6.45, 7) is 1.19. The van der Waals surface area contributed by atoms with Crippen molar-refractivity contribution in [2.75, 3.05) is 13.7 Å². The average molecular weight is 389 g/mol. The van der Waals surface area contributed by atoms with Crippen LogP contribution in [0.4, 0.5) is 0 Å². The topological polar surface area (TPSA) is 88.5 Å². The monoisotopic (exact) mass is 388 g/mol. The van der Waals surface area contributed by atoms with Crippen LogP contribution in [0, 0.1) is 0 Å². The molecule has 0 saturated heterocycles. The van der Waals surface area contributed by atoms with Crippen molar-refractivity contribution in [3.8, 4) is 10.6 Å². The standard InChI is InChI=1S/C15H14Cl2N2O4S/c1-15(7-23-2,14(21)22)19-12(20)11-6-24-13(18-11)9-4-3-8(16)5-10(9)17/h3-6H,7H2,1-2H3,(H,19,20)(H,21,22). The molecule has 0 aliphatic heterocycles. The number of nitrogens with one attached hydrogen (secondary N) is 1. The number of carbonyl (C=O) groups is 2. The molecule has 2 aromatic rings. The second-order valence-corrected chi connectivity index (χ2v) is 6.89. The maximum absolute atomic E-state index is 12.3. The molecule has 1 amide bonds. The van der Waals surface area contributed by atoms with Crippen molar-refractivity contribution in [1.29, 1.82) is 0 Å². The lowest BCUT2D eigenvalue weighted by atomic mass is 10.0. The van der Waals surface area contributed by atoms with Crippen LogP contribution in [-0.4, -0.2) is 41.2 Å². The lowest BCUT2D eigenvalue weighted by molar-refractivity contribution is -0.145. The first kappa shape index (κ1) is 18.7. The van der Waals surface area contributed by atoms with Gasteiger partial charge in [-0.25, -0.2) is 9.78 Å². The molecule has 6 nitrogen and oxygen atoms in total. The van der Waals surface area contributed by atoms with E-state index in [0.29, 0.717) is 20.6 Å². The third-order valence-corrected chi connectivity index (χ3v) is 4.62. The summed E-state index contributed by atoms with van der Waals surface area (Å²) >= 11 is 13.2. The number of carbonyl (C=O) groups excluding carboxylic acids is 1. The van der Waals surface area contributed by atoms with Crippen molar-refractivity contribution >= 4 is 46.4 Å². The highest BCUT2D eigenvalue weighted by Gasteiger charge is 2.35. The van der Waals surface area contributed by atoms with Crippen LogP contribution in [-0.2, 0) is 9.53 Å². The van der Waals surface area contributed by atoms with Crippen LogP contribution in [0.1, 0.15) is 17.4 Å². The Morgan fingerprint density at radius 2 is 2.12 bits per heavy atom. The smallest absolute Gasteiger partial charge is 0.331 e. The van der Waals surface area contributed by atoms with Crippen LogP contribution in [0.5, 0.6) is 0 Å². The molecule has 0 saturated carbocycles. The summed E-state index contributed by atoms with van der Waals surface area (Å²) in [5, 5.41) is 14.7. The minimum absolute atomic E-state index is 0.101. The largest absolute Gasteiger partial charge is 0.479 e. The van der Waals surface area contributed by atoms with Crippen LogP contribution in [0.2, 0.25) is 10.0 Å². The van der Waals surface area contributed by atoms with Crippen LogP contribution in [0.25, 0.3) is 10.6 Å².